The number of hydrogen-bond acceptors (Lipinski definition) is 4. The number of imidazole rings is 1. The second kappa shape index (κ2) is 9.11. The molecule has 0 saturated heterocycles. The largest absolute Gasteiger partial charge is 0.378 e. The van der Waals surface area contributed by atoms with Crippen molar-refractivity contribution in [3.63, 3.8) is 0 Å². The summed E-state index contributed by atoms with van der Waals surface area (Å²) in [5, 5.41) is 5.86. The smallest absolute Gasteiger partial charge is 0.287 e. The van der Waals surface area contributed by atoms with Gasteiger partial charge in [-0.05, 0) is 55.9 Å². The van der Waals surface area contributed by atoms with Crippen molar-refractivity contribution in [2.75, 3.05) is 30.9 Å². The van der Waals surface area contributed by atoms with Crippen LogP contribution in [-0.2, 0) is 13.0 Å². The lowest BCUT2D eigenvalue weighted by molar-refractivity contribution is 0.0936. The molecule has 156 valence electrons. The predicted molar refractivity (Wildman–Crippen MR) is 116 cm³/mol. The first-order chi connectivity index (χ1) is 13.9. The molecule has 1 aliphatic rings. The van der Waals surface area contributed by atoms with Crippen LogP contribution in [0.15, 0.2) is 24.3 Å². The fourth-order valence-corrected chi connectivity index (χ4v) is 3.48. The number of amides is 2. The Bertz CT molecular complexity index is 868. The molecule has 0 fully saturated rings. The van der Waals surface area contributed by atoms with Gasteiger partial charge in [-0.1, -0.05) is 13.8 Å². The molecule has 29 heavy (non-hydrogen) atoms. The molecule has 0 unspecified atom stereocenters. The maximum atomic E-state index is 12.9. The Morgan fingerprint density at radius 2 is 1.86 bits per heavy atom. The van der Waals surface area contributed by atoms with E-state index in [4.69, 9.17) is 0 Å². The Kier molecular flexibility index (Phi) is 6.56. The summed E-state index contributed by atoms with van der Waals surface area (Å²) in [7, 11) is 3.94. The van der Waals surface area contributed by atoms with Gasteiger partial charge in [0.25, 0.3) is 11.8 Å². The van der Waals surface area contributed by atoms with E-state index in [9.17, 15) is 9.59 Å². The van der Waals surface area contributed by atoms with Gasteiger partial charge in [0.15, 0.2) is 11.5 Å². The van der Waals surface area contributed by atoms with Gasteiger partial charge in [0.1, 0.15) is 0 Å². The van der Waals surface area contributed by atoms with Crippen molar-refractivity contribution in [3.05, 3.63) is 41.5 Å². The average molecular weight is 398 g/mol. The van der Waals surface area contributed by atoms with E-state index in [1.165, 1.54) is 0 Å². The van der Waals surface area contributed by atoms with Crippen molar-refractivity contribution < 1.29 is 9.59 Å². The van der Waals surface area contributed by atoms with E-state index in [1.807, 2.05) is 47.8 Å². The van der Waals surface area contributed by atoms with Crippen LogP contribution in [0.2, 0.25) is 0 Å². The van der Waals surface area contributed by atoms with Crippen LogP contribution in [0, 0.1) is 5.92 Å². The van der Waals surface area contributed by atoms with Crippen molar-refractivity contribution in [1.82, 2.24) is 14.9 Å². The molecule has 3 rings (SSSR count). The number of nitrogens with one attached hydrogen (secondary N) is 2. The first-order valence-corrected chi connectivity index (χ1v) is 10.3. The van der Waals surface area contributed by atoms with Crippen molar-refractivity contribution in [2.45, 2.75) is 46.1 Å². The normalized spacial score (nSPS) is 13.1. The van der Waals surface area contributed by atoms with Gasteiger partial charge in [-0.3, -0.25) is 9.59 Å². The highest BCUT2D eigenvalue weighted by molar-refractivity contribution is 6.05. The second-order valence-electron chi connectivity index (χ2n) is 8.17. The molecule has 7 heteroatoms. The fraction of sp³-hybridized carbons (Fsp3) is 0.500. The molecule has 2 heterocycles. The first-order valence-electron chi connectivity index (χ1n) is 10.3. The standard InChI is InChI=1S/C22H31N5O2/c1-15(2)12-13-23-22(29)20-25-19(18-7-5-6-14-27(18)20)21(28)24-16-8-10-17(11-9-16)26(3)4/h8-11,15H,5-7,12-14H2,1-4H3,(H,23,29)(H,24,28). The average Bonchev–Trinajstić information content (AvgIpc) is 3.08. The third-order valence-electron chi connectivity index (χ3n) is 5.18. The summed E-state index contributed by atoms with van der Waals surface area (Å²) in [6, 6.07) is 7.64. The van der Waals surface area contributed by atoms with Crippen LogP contribution in [-0.4, -0.2) is 42.0 Å². The zero-order valence-electron chi connectivity index (χ0n) is 17.8. The fourth-order valence-electron chi connectivity index (χ4n) is 3.48. The van der Waals surface area contributed by atoms with Crippen LogP contribution in [0.1, 0.15) is 59.9 Å². The van der Waals surface area contributed by atoms with E-state index in [2.05, 4.69) is 29.5 Å². The number of anilines is 2. The molecule has 0 aliphatic carbocycles. The summed E-state index contributed by atoms with van der Waals surface area (Å²) in [6.07, 6.45) is 3.66. The van der Waals surface area contributed by atoms with Crippen molar-refractivity contribution in [1.29, 1.82) is 0 Å². The van der Waals surface area contributed by atoms with Gasteiger partial charge < -0.3 is 20.1 Å². The van der Waals surface area contributed by atoms with Crippen LogP contribution in [0.25, 0.3) is 0 Å². The van der Waals surface area contributed by atoms with E-state index >= 15 is 0 Å². The topological polar surface area (TPSA) is 79.3 Å². The molecule has 2 aromatic rings. The molecule has 0 radical (unpaired) electrons. The SMILES string of the molecule is CC(C)CCNC(=O)c1nc(C(=O)Nc2ccc(N(C)C)cc2)c2n1CCCC2. The molecule has 2 N–H and O–H groups in total. The summed E-state index contributed by atoms with van der Waals surface area (Å²) >= 11 is 0. The lowest BCUT2D eigenvalue weighted by Gasteiger charge is -2.17. The molecular formula is C22H31N5O2. The molecular weight excluding hydrogens is 366 g/mol. The van der Waals surface area contributed by atoms with Crippen molar-refractivity contribution in [2.24, 2.45) is 5.92 Å². The first kappa shape index (κ1) is 20.9. The molecule has 1 aromatic carbocycles. The molecule has 2 amide bonds. The number of nitrogens with zero attached hydrogens (tertiary/aromatic N) is 3. The lowest BCUT2D eigenvalue weighted by atomic mass is 10.1. The number of hydrogen-bond donors (Lipinski definition) is 2. The third-order valence-corrected chi connectivity index (χ3v) is 5.18. The minimum absolute atomic E-state index is 0.205. The molecule has 1 aromatic heterocycles. The second-order valence-corrected chi connectivity index (χ2v) is 8.17. The number of benzene rings is 1. The van der Waals surface area contributed by atoms with Gasteiger partial charge in [0, 0.05) is 38.6 Å². The number of fused-ring (bicyclic) bond motifs is 1. The molecule has 0 bridgehead atoms. The van der Waals surface area contributed by atoms with Crippen LogP contribution in [0.4, 0.5) is 11.4 Å². The maximum absolute atomic E-state index is 12.9. The van der Waals surface area contributed by atoms with Crippen LogP contribution in [0.5, 0.6) is 0 Å². The number of carbonyl (C=O) groups is 2. The van der Waals surface area contributed by atoms with E-state index in [-0.39, 0.29) is 11.8 Å². The zero-order chi connectivity index (χ0) is 21.0. The summed E-state index contributed by atoms with van der Waals surface area (Å²) < 4.78 is 1.91. The monoisotopic (exact) mass is 397 g/mol. The Morgan fingerprint density at radius 3 is 2.52 bits per heavy atom. The Hall–Kier alpha value is -2.83. The minimum Gasteiger partial charge on any atom is -0.378 e. The van der Waals surface area contributed by atoms with Crippen LogP contribution in [0.3, 0.4) is 0 Å². The molecule has 0 spiro atoms. The summed E-state index contributed by atoms with van der Waals surface area (Å²) in [5.74, 6) is 0.388. The Labute approximate surface area is 172 Å². The minimum atomic E-state index is -0.269. The van der Waals surface area contributed by atoms with E-state index in [0.29, 0.717) is 29.7 Å². The van der Waals surface area contributed by atoms with Crippen LogP contribution >= 0.6 is 0 Å². The number of carbonyl (C=O) groups excluding carboxylic acids is 2. The van der Waals surface area contributed by atoms with Gasteiger partial charge in [-0.2, -0.15) is 0 Å². The van der Waals surface area contributed by atoms with Crippen LogP contribution < -0.4 is 15.5 Å². The number of aromatic nitrogens is 2. The van der Waals surface area contributed by atoms with Gasteiger partial charge in [-0.25, -0.2) is 4.98 Å². The highest BCUT2D eigenvalue weighted by Gasteiger charge is 2.27. The molecule has 0 atom stereocenters. The third kappa shape index (κ3) is 4.96. The Morgan fingerprint density at radius 1 is 1.14 bits per heavy atom. The molecule has 0 saturated carbocycles. The number of rotatable bonds is 7. The lowest BCUT2D eigenvalue weighted by Crippen LogP contribution is -2.29. The van der Waals surface area contributed by atoms with E-state index in [1.54, 1.807) is 0 Å². The quantitative estimate of drug-likeness (QED) is 0.751. The zero-order valence-corrected chi connectivity index (χ0v) is 17.8. The molecule has 1 aliphatic heterocycles. The summed E-state index contributed by atoms with van der Waals surface area (Å²) in [6.45, 7) is 5.58. The van der Waals surface area contributed by atoms with E-state index < -0.39 is 0 Å². The highest BCUT2D eigenvalue weighted by Crippen LogP contribution is 2.23. The van der Waals surface area contributed by atoms with Gasteiger partial charge >= 0.3 is 0 Å². The summed E-state index contributed by atoms with van der Waals surface area (Å²) in [4.78, 5) is 32.0. The van der Waals surface area contributed by atoms with Gasteiger partial charge in [0.05, 0.1) is 5.69 Å². The highest BCUT2D eigenvalue weighted by atomic mass is 16.2. The van der Waals surface area contributed by atoms with Crippen molar-refractivity contribution in [3.8, 4) is 0 Å². The van der Waals surface area contributed by atoms with Crippen molar-refractivity contribution >= 4 is 23.2 Å². The molecule has 7 nitrogen and oxygen atoms in total. The van der Waals surface area contributed by atoms with Gasteiger partial charge in [0.2, 0.25) is 0 Å². The Balaban J connectivity index is 1.78. The van der Waals surface area contributed by atoms with E-state index in [0.717, 1.165) is 43.6 Å². The predicted octanol–water partition coefficient (Wildman–Crippen LogP) is 3.31. The maximum Gasteiger partial charge on any atom is 0.287 e. The van der Waals surface area contributed by atoms with Gasteiger partial charge in [-0.15, -0.1) is 0 Å². The summed E-state index contributed by atoms with van der Waals surface area (Å²) in [5.41, 5.74) is 2.98.